The van der Waals surface area contributed by atoms with Crippen molar-refractivity contribution in [3.63, 3.8) is 0 Å². The van der Waals surface area contributed by atoms with E-state index in [1.54, 1.807) is 4.31 Å². The molecule has 0 aromatic heterocycles. The van der Waals surface area contributed by atoms with E-state index in [4.69, 9.17) is 4.74 Å². The predicted molar refractivity (Wildman–Crippen MR) is 118 cm³/mol. The molecule has 30 heavy (non-hydrogen) atoms. The summed E-state index contributed by atoms with van der Waals surface area (Å²) >= 11 is 0. The van der Waals surface area contributed by atoms with Gasteiger partial charge < -0.3 is 4.74 Å². The third-order valence-corrected chi connectivity index (χ3v) is 7.43. The highest BCUT2D eigenvalue weighted by atomic mass is 32.2. The fourth-order valence-electron chi connectivity index (χ4n) is 3.95. The molecule has 2 aromatic carbocycles. The molecule has 2 atom stereocenters. The van der Waals surface area contributed by atoms with Crippen molar-refractivity contribution >= 4 is 16.0 Å². The average Bonchev–Trinajstić information content (AvgIpc) is 2.71. The number of sulfonamides is 1. The predicted octanol–water partition coefficient (Wildman–Crippen LogP) is 4.83. The second-order valence-electron chi connectivity index (χ2n) is 8.76. The lowest BCUT2D eigenvalue weighted by Gasteiger charge is -2.34. The normalized spacial score (nSPS) is 20.3. The van der Waals surface area contributed by atoms with E-state index in [1.807, 2.05) is 24.3 Å². The summed E-state index contributed by atoms with van der Waals surface area (Å²) in [4.78, 5) is 12.6. The van der Waals surface area contributed by atoms with Gasteiger partial charge >= 0.3 is 5.97 Å². The molecule has 0 aliphatic carbocycles. The van der Waals surface area contributed by atoms with Crippen molar-refractivity contribution in [2.24, 2.45) is 11.8 Å². The van der Waals surface area contributed by atoms with E-state index in [2.05, 4.69) is 27.7 Å². The molecule has 0 spiro atoms. The Kier molecular flexibility index (Phi) is 6.98. The van der Waals surface area contributed by atoms with Crippen LogP contribution in [0.3, 0.4) is 0 Å². The number of ether oxygens (including phenoxy) is 1. The van der Waals surface area contributed by atoms with Crippen LogP contribution in [-0.4, -0.2) is 31.8 Å². The molecule has 1 aliphatic heterocycles. The number of hydrogen-bond donors (Lipinski definition) is 0. The standard InChI is InChI=1S/C24H31NO4S/c1-17(2)21-7-5-20(6-8-21)16-29-24(26)22-9-11-23(12-10-22)30(27,28)25-14-18(3)13-19(4)15-25/h5-12,17-19H,13-16H2,1-4H3/t18-,19+. The van der Waals surface area contributed by atoms with Gasteiger partial charge in [-0.1, -0.05) is 52.0 Å². The van der Waals surface area contributed by atoms with Crippen molar-refractivity contribution in [1.82, 2.24) is 4.31 Å². The Morgan fingerprint density at radius 3 is 2.10 bits per heavy atom. The first-order valence-corrected chi connectivity index (χ1v) is 12.0. The van der Waals surface area contributed by atoms with Crippen LogP contribution in [0, 0.1) is 11.8 Å². The second-order valence-corrected chi connectivity index (χ2v) is 10.7. The quantitative estimate of drug-likeness (QED) is 0.617. The van der Waals surface area contributed by atoms with Crippen molar-refractivity contribution in [1.29, 1.82) is 0 Å². The van der Waals surface area contributed by atoms with Gasteiger partial charge in [-0.15, -0.1) is 0 Å². The van der Waals surface area contributed by atoms with Crippen molar-refractivity contribution in [2.75, 3.05) is 13.1 Å². The lowest BCUT2D eigenvalue weighted by Crippen LogP contribution is -2.42. The highest BCUT2D eigenvalue weighted by Crippen LogP contribution is 2.27. The SMILES string of the molecule is CC(C)c1ccc(COC(=O)c2ccc(S(=O)(=O)N3C[C@H](C)C[C@H](C)C3)cc2)cc1. The van der Waals surface area contributed by atoms with Gasteiger partial charge in [-0.05, 0) is 59.6 Å². The fraction of sp³-hybridized carbons (Fsp3) is 0.458. The molecule has 0 radical (unpaired) electrons. The van der Waals surface area contributed by atoms with E-state index in [1.165, 1.54) is 29.8 Å². The molecule has 0 N–H and O–H groups in total. The largest absolute Gasteiger partial charge is 0.457 e. The Balaban J connectivity index is 1.63. The van der Waals surface area contributed by atoms with E-state index < -0.39 is 16.0 Å². The van der Waals surface area contributed by atoms with Gasteiger partial charge in [0.1, 0.15) is 6.61 Å². The van der Waals surface area contributed by atoms with Gasteiger partial charge in [-0.3, -0.25) is 0 Å². The van der Waals surface area contributed by atoms with Crippen LogP contribution in [0.5, 0.6) is 0 Å². The molecule has 5 nitrogen and oxygen atoms in total. The van der Waals surface area contributed by atoms with Gasteiger partial charge in [-0.2, -0.15) is 4.31 Å². The summed E-state index contributed by atoms with van der Waals surface area (Å²) in [6, 6.07) is 14.0. The Labute approximate surface area is 180 Å². The molecular formula is C24H31NO4S. The second kappa shape index (κ2) is 9.31. The van der Waals surface area contributed by atoms with E-state index >= 15 is 0 Å². The zero-order valence-electron chi connectivity index (χ0n) is 18.2. The van der Waals surface area contributed by atoms with Gasteiger partial charge in [0, 0.05) is 13.1 Å². The lowest BCUT2D eigenvalue weighted by atomic mass is 9.94. The van der Waals surface area contributed by atoms with Gasteiger partial charge in [0.25, 0.3) is 0 Å². The van der Waals surface area contributed by atoms with Gasteiger partial charge in [0.05, 0.1) is 10.5 Å². The number of carbonyl (C=O) groups is 1. The molecule has 0 bridgehead atoms. The molecule has 3 rings (SSSR count). The van der Waals surface area contributed by atoms with E-state index in [9.17, 15) is 13.2 Å². The average molecular weight is 430 g/mol. The first-order chi connectivity index (χ1) is 14.2. The summed E-state index contributed by atoms with van der Waals surface area (Å²) < 4.78 is 32.9. The van der Waals surface area contributed by atoms with Gasteiger partial charge in [-0.25, -0.2) is 13.2 Å². The first kappa shape index (κ1) is 22.5. The summed E-state index contributed by atoms with van der Waals surface area (Å²) in [6.07, 6.45) is 1.04. The maximum atomic E-state index is 13.0. The van der Waals surface area contributed by atoms with Crippen LogP contribution >= 0.6 is 0 Å². The number of rotatable bonds is 6. The molecule has 0 unspecified atom stereocenters. The minimum Gasteiger partial charge on any atom is -0.457 e. The molecule has 0 saturated carbocycles. The van der Waals surface area contributed by atoms with Gasteiger partial charge in [0.15, 0.2) is 0 Å². The minimum atomic E-state index is -3.56. The highest BCUT2D eigenvalue weighted by Gasteiger charge is 2.31. The lowest BCUT2D eigenvalue weighted by molar-refractivity contribution is 0.0472. The molecule has 1 heterocycles. The molecule has 1 aliphatic rings. The summed E-state index contributed by atoms with van der Waals surface area (Å²) in [7, 11) is -3.56. The monoisotopic (exact) mass is 429 g/mol. The van der Waals surface area contributed by atoms with Crippen molar-refractivity contribution in [2.45, 2.75) is 51.5 Å². The number of carbonyl (C=O) groups excluding carboxylic acids is 1. The number of benzene rings is 2. The zero-order valence-corrected chi connectivity index (χ0v) is 19.0. The van der Waals surface area contributed by atoms with E-state index in [-0.39, 0.29) is 11.5 Å². The van der Waals surface area contributed by atoms with Crippen LogP contribution < -0.4 is 0 Å². The molecule has 0 amide bonds. The van der Waals surface area contributed by atoms with Crippen LogP contribution in [0.25, 0.3) is 0 Å². The number of nitrogens with zero attached hydrogens (tertiary/aromatic N) is 1. The highest BCUT2D eigenvalue weighted by molar-refractivity contribution is 7.89. The Bertz CT molecular complexity index is 955. The zero-order chi connectivity index (χ0) is 21.9. The van der Waals surface area contributed by atoms with Crippen molar-refractivity contribution in [3.05, 3.63) is 65.2 Å². The van der Waals surface area contributed by atoms with E-state index in [0.29, 0.717) is 36.4 Å². The Morgan fingerprint density at radius 2 is 1.57 bits per heavy atom. The summed E-state index contributed by atoms with van der Waals surface area (Å²) in [5, 5.41) is 0. The van der Waals surface area contributed by atoms with Crippen LogP contribution in [0.2, 0.25) is 0 Å². The minimum absolute atomic E-state index is 0.181. The molecular weight excluding hydrogens is 398 g/mol. The topological polar surface area (TPSA) is 63.7 Å². The third kappa shape index (κ3) is 5.29. The third-order valence-electron chi connectivity index (χ3n) is 5.58. The number of piperidine rings is 1. The summed E-state index contributed by atoms with van der Waals surface area (Å²) in [5.74, 6) is 0.666. The first-order valence-electron chi connectivity index (χ1n) is 10.5. The molecule has 1 saturated heterocycles. The maximum Gasteiger partial charge on any atom is 0.338 e. The van der Waals surface area contributed by atoms with Crippen LogP contribution in [0.1, 0.15) is 61.5 Å². The molecule has 2 aromatic rings. The summed E-state index contributed by atoms with van der Waals surface area (Å²) in [6.45, 7) is 9.66. The van der Waals surface area contributed by atoms with Crippen LogP contribution in [0.15, 0.2) is 53.4 Å². The van der Waals surface area contributed by atoms with E-state index in [0.717, 1.165) is 12.0 Å². The molecule has 1 fully saturated rings. The van der Waals surface area contributed by atoms with Crippen LogP contribution in [0.4, 0.5) is 0 Å². The Morgan fingerprint density at radius 1 is 1.00 bits per heavy atom. The summed E-state index contributed by atoms with van der Waals surface area (Å²) in [5.41, 5.74) is 2.49. The fourth-order valence-corrected chi connectivity index (χ4v) is 5.62. The Hall–Kier alpha value is -2.18. The maximum absolute atomic E-state index is 13.0. The van der Waals surface area contributed by atoms with Crippen molar-refractivity contribution < 1.29 is 17.9 Å². The van der Waals surface area contributed by atoms with Crippen LogP contribution in [-0.2, 0) is 21.4 Å². The molecule has 162 valence electrons. The number of esters is 1. The van der Waals surface area contributed by atoms with Crippen molar-refractivity contribution in [3.8, 4) is 0 Å². The number of hydrogen-bond acceptors (Lipinski definition) is 4. The molecule has 6 heteroatoms. The van der Waals surface area contributed by atoms with Gasteiger partial charge in [0.2, 0.25) is 10.0 Å². The smallest absolute Gasteiger partial charge is 0.338 e.